The van der Waals surface area contributed by atoms with E-state index in [0.717, 1.165) is 5.56 Å². The molecule has 0 aromatic heterocycles. The molecule has 0 bridgehead atoms. The van der Waals surface area contributed by atoms with E-state index in [4.69, 9.17) is 4.74 Å². The molecule has 0 fully saturated rings. The Morgan fingerprint density at radius 2 is 2.14 bits per heavy atom. The lowest BCUT2D eigenvalue weighted by Crippen LogP contribution is -2.32. The second kappa shape index (κ2) is 7.88. The first-order chi connectivity index (χ1) is 9.90. The smallest absolute Gasteiger partial charge is 0.407 e. The Morgan fingerprint density at radius 3 is 2.81 bits per heavy atom. The molecule has 0 heterocycles. The van der Waals surface area contributed by atoms with Crippen molar-refractivity contribution in [1.82, 2.24) is 5.32 Å². The Hall–Kier alpha value is -2.57. The third-order valence-corrected chi connectivity index (χ3v) is 2.17. The fourth-order valence-electron chi connectivity index (χ4n) is 1.41. The molecule has 1 aromatic carbocycles. The number of hydrogen-bond donors (Lipinski definition) is 1. The summed E-state index contributed by atoms with van der Waals surface area (Å²) in [6.45, 7) is 5.83. The predicted molar refractivity (Wildman–Crippen MR) is 80.0 cm³/mol. The Balaban J connectivity index is 2.41. The first kappa shape index (κ1) is 16.5. The molecular weight excluding hydrogens is 268 g/mol. The molecule has 0 aliphatic heterocycles. The van der Waals surface area contributed by atoms with Crippen LogP contribution in [0.25, 0.3) is 0 Å². The topological polar surface area (TPSA) is 67.8 Å². The van der Waals surface area contributed by atoms with Gasteiger partial charge in [-0.3, -0.25) is 0 Å². The lowest BCUT2D eigenvalue weighted by Gasteiger charge is -2.19. The van der Waals surface area contributed by atoms with Crippen molar-refractivity contribution in [2.45, 2.75) is 32.8 Å². The summed E-state index contributed by atoms with van der Waals surface area (Å²) in [5, 5.41) is 2.62. The monoisotopic (exact) mass is 286 g/mol. The van der Waals surface area contributed by atoms with E-state index in [1.807, 2.05) is 6.07 Å². The Labute approximate surface area is 124 Å². The van der Waals surface area contributed by atoms with Crippen LogP contribution in [0.15, 0.2) is 29.3 Å². The number of nitrogens with one attached hydrogen (secondary N) is 1. The standard InChI is InChI=1S/C16H18N2O3/c1-16(2,3)21-15(20)17-10-5-4-7-13-8-6-9-14(11-13)18-12-19/h6,8-9,11H,5,10H2,1-3H3,(H,17,20). The molecule has 0 atom stereocenters. The van der Waals surface area contributed by atoms with Gasteiger partial charge in [-0.1, -0.05) is 17.9 Å². The summed E-state index contributed by atoms with van der Waals surface area (Å²) in [7, 11) is 0. The fraction of sp³-hybridized carbons (Fsp3) is 0.375. The van der Waals surface area contributed by atoms with E-state index in [1.54, 1.807) is 39.0 Å². The maximum absolute atomic E-state index is 11.4. The molecule has 0 aliphatic carbocycles. The van der Waals surface area contributed by atoms with Crippen LogP contribution >= 0.6 is 0 Å². The number of ether oxygens (including phenoxy) is 1. The number of carbonyl (C=O) groups excluding carboxylic acids is 2. The second-order valence-corrected chi connectivity index (χ2v) is 5.23. The highest BCUT2D eigenvalue weighted by Gasteiger charge is 2.15. The van der Waals surface area contributed by atoms with Crippen LogP contribution in [0.1, 0.15) is 32.8 Å². The van der Waals surface area contributed by atoms with Crippen LogP contribution in [-0.2, 0) is 9.53 Å². The van der Waals surface area contributed by atoms with Gasteiger partial charge in [-0.15, -0.1) is 0 Å². The zero-order chi connectivity index (χ0) is 15.7. The summed E-state index contributed by atoms with van der Waals surface area (Å²) >= 11 is 0. The van der Waals surface area contributed by atoms with Gasteiger partial charge < -0.3 is 10.1 Å². The summed E-state index contributed by atoms with van der Waals surface area (Å²) in [5.74, 6) is 5.86. The van der Waals surface area contributed by atoms with Crippen molar-refractivity contribution in [3.63, 3.8) is 0 Å². The van der Waals surface area contributed by atoms with E-state index in [0.29, 0.717) is 18.7 Å². The molecule has 110 valence electrons. The third-order valence-electron chi connectivity index (χ3n) is 2.17. The summed E-state index contributed by atoms with van der Waals surface area (Å²) in [6, 6.07) is 6.97. The molecule has 0 aliphatic rings. The molecule has 1 rings (SSSR count). The summed E-state index contributed by atoms with van der Waals surface area (Å²) in [6.07, 6.45) is 1.53. The predicted octanol–water partition coefficient (Wildman–Crippen LogP) is 2.92. The van der Waals surface area contributed by atoms with Crippen LogP contribution in [0.4, 0.5) is 10.5 Å². The number of hydrogen-bond acceptors (Lipinski definition) is 4. The molecule has 0 saturated heterocycles. The Kier molecular flexibility index (Phi) is 6.19. The van der Waals surface area contributed by atoms with Crippen molar-refractivity contribution in [1.29, 1.82) is 0 Å². The van der Waals surface area contributed by atoms with Crippen molar-refractivity contribution < 1.29 is 14.3 Å². The van der Waals surface area contributed by atoms with Gasteiger partial charge in [0, 0.05) is 18.5 Å². The maximum atomic E-state index is 11.4. The summed E-state index contributed by atoms with van der Waals surface area (Å²) in [5.41, 5.74) is 0.766. The third kappa shape index (κ3) is 7.56. The van der Waals surface area contributed by atoms with Crippen molar-refractivity contribution in [3.8, 4) is 11.8 Å². The highest BCUT2D eigenvalue weighted by molar-refractivity contribution is 5.67. The molecular formula is C16H18N2O3. The van der Waals surface area contributed by atoms with Gasteiger partial charge in [0.25, 0.3) is 0 Å². The minimum atomic E-state index is -0.505. The lowest BCUT2D eigenvalue weighted by atomic mass is 10.2. The van der Waals surface area contributed by atoms with Crippen LogP contribution in [0.5, 0.6) is 0 Å². The zero-order valence-electron chi connectivity index (χ0n) is 12.4. The largest absolute Gasteiger partial charge is 0.444 e. The molecule has 21 heavy (non-hydrogen) atoms. The van der Waals surface area contributed by atoms with Crippen molar-refractivity contribution in [2.24, 2.45) is 4.99 Å². The highest BCUT2D eigenvalue weighted by atomic mass is 16.6. The SMILES string of the molecule is CC(C)(C)OC(=O)NCCC#Cc1cccc(N=C=O)c1. The minimum Gasteiger partial charge on any atom is -0.444 e. The van der Waals surface area contributed by atoms with Gasteiger partial charge in [-0.2, -0.15) is 4.99 Å². The van der Waals surface area contributed by atoms with E-state index >= 15 is 0 Å². The van der Waals surface area contributed by atoms with Gasteiger partial charge in [-0.25, -0.2) is 9.59 Å². The molecule has 1 amide bonds. The molecule has 0 radical (unpaired) electrons. The van der Waals surface area contributed by atoms with Crippen molar-refractivity contribution >= 4 is 17.9 Å². The summed E-state index contributed by atoms with van der Waals surface area (Å²) < 4.78 is 5.10. The van der Waals surface area contributed by atoms with Crippen LogP contribution in [-0.4, -0.2) is 24.3 Å². The summed E-state index contributed by atoms with van der Waals surface area (Å²) in [4.78, 5) is 25.1. The van der Waals surface area contributed by atoms with Gasteiger partial charge in [-0.05, 0) is 39.0 Å². The number of rotatable bonds is 3. The Bertz CT molecular complexity index is 600. The van der Waals surface area contributed by atoms with Gasteiger partial charge in [0.15, 0.2) is 0 Å². The van der Waals surface area contributed by atoms with E-state index in [9.17, 15) is 9.59 Å². The van der Waals surface area contributed by atoms with Gasteiger partial charge in [0.05, 0.1) is 5.69 Å². The molecule has 5 heteroatoms. The fourth-order valence-corrected chi connectivity index (χ4v) is 1.41. The first-order valence-corrected chi connectivity index (χ1v) is 6.54. The molecule has 1 aromatic rings. The first-order valence-electron chi connectivity index (χ1n) is 6.54. The van der Waals surface area contributed by atoms with E-state index in [1.165, 1.54) is 6.08 Å². The molecule has 5 nitrogen and oxygen atoms in total. The molecule has 0 spiro atoms. The maximum Gasteiger partial charge on any atom is 0.407 e. The normalized spacial score (nSPS) is 9.86. The van der Waals surface area contributed by atoms with Gasteiger partial charge >= 0.3 is 6.09 Å². The van der Waals surface area contributed by atoms with Crippen LogP contribution in [0.3, 0.4) is 0 Å². The van der Waals surface area contributed by atoms with Gasteiger partial charge in [0.2, 0.25) is 6.08 Å². The number of isocyanates is 1. The number of nitrogens with zero attached hydrogens (tertiary/aromatic N) is 1. The highest BCUT2D eigenvalue weighted by Crippen LogP contribution is 2.12. The number of carbonyl (C=O) groups is 1. The van der Waals surface area contributed by atoms with Crippen molar-refractivity contribution in [3.05, 3.63) is 29.8 Å². The van der Waals surface area contributed by atoms with Crippen LogP contribution < -0.4 is 5.32 Å². The zero-order valence-corrected chi connectivity index (χ0v) is 12.4. The number of alkyl carbamates (subject to hydrolysis) is 1. The van der Waals surface area contributed by atoms with E-state index < -0.39 is 11.7 Å². The lowest BCUT2D eigenvalue weighted by molar-refractivity contribution is 0.0529. The average Bonchev–Trinajstić information content (AvgIpc) is 2.37. The van der Waals surface area contributed by atoms with Gasteiger partial charge in [0.1, 0.15) is 5.60 Å². The van der Waals surface area contributed by atoms with E-state index in [-0.39, 0.29) is 0 Å². The second-order valence-electron chi connectivity index (χ2n) is 5.23. The molecule has 0 unspecified atom stereocenters. The molecule has 1 N–H and O–H groups in total. The number of aliphatic imine (C=N–C) groups is 1. The minimum absolute atomic E-state index is 0.411. The Morgan fingerprint density at radius 1 is 1.38 bits per heavy atom. The quantitative estimate of drug-likeness (QED) is 0.402. The molecule has 0 saturated carbocycles. The van der Waals surface area contributed by atoms with Crippen LogP contribution in [0.2, 0.25) is 0 Å². The number of amides is 1. The van der Waals surface area contributed by atoms with Crippen molar-refractivity contribution in [2.75, 3.05) is 6.54 Å². The number of benzene rings is 1. The van der Waals surface area contributed by atoms with E-state index in [2.05, 4.69) is 22.2 Å². The van der Waals surface area contributed by atoms with Crippen LogP contribution in [0, 0.1) is 11.8 Å². The average molecular weight is 286 g/mol.